The van der Waals surface area contributed by atoms with Crippen LogP contribution in [-0.2, 0) is 21.2 Å². The molecule has 1 aromatic heterocycles. The monoisotopic (exact) mass is 299 g/mol. The van der Waals surface area contributed by atoms with Gasteiger partial charge < -0.3 is 15.2 Å². The van der Waals surface area contributed by atoms with Crippen molar-refractivity contribution >= 4 is 21.4 Å². The van der Waals surface area contributed by atoms with E-state index in [0.717, 1.165) is 0 Å². The van der Waals surface area contributed by atoms with Crippen LogP contribution in [0.15, 0.2) is 23.1 Å². The molecule has 0 saturated carbocycles. The third-order valence-electron chi connectivity index (χ3n) is 3.22. The quantitative estimate of drug-likeness (QED) is 0.760. The molecule has 1 amide bonds. The molecule has 2 heterocycles. The molecule has 0 aromatic carbocycles. The summed E-state index contributed by atoms with van der Waals surface area (Å²) in [5.41, 5.74) is 5.67. The summed E-state index contributed by atoms with van der Waals surface area (Å²) in [5.74, 6) is -0.186. The second kappa shape index (κ2) is 5.66. The SMILES string of the molecule is Nc1ccc(=O)n(CC(=O)N2CCCS(=O)(=O)CC2)c1. The molecule has 1 aliphatic heterocycles. The average Bonchev–Trinajstić information content (AvgIpc) is 2.55. The van der Waals surface area contributed by atoms with Crippen LogP contribution in [0.5, 0.6) is 0 Å². The zero-order chi connectivity index (χ0) is 14.8. The van der Waals surface area contributed by atoms with E-state index in [4.69, 9.17) is 5.73 Å². The maximum atomic E-state index is 12.1. The van der Waals surface area contributed by atoms with E-state index in [-0.39, 0.29) is 36.1 Å². The fraction of sp³-hybridized carbons (Fsp3) is 0.500. The molecule has 20 heavy (non-hydrogen) atoms. The Morgan fingerprint density at radius 1 is 1.25 bits per heavy atom. The maximum Gasteiger partial charge on any atom is 0.251 e. The van der Waals surface area contributed by atoms with Gasteiger partial charge >= 0.3 is 0 Å². The topological polar surface area (TPSA) is 102 Å². The van der Waals surface area contributed by atoms with Crippen molar-refractivity contribution in [1.29, 1.82) is 0 Å². The molecule has 7 nitrogen and oxygen atoms in total. The lowest BCUT2D eigenvalue weighted by molar-refractivity contribution is -0.131. The Balaban J connectivity index is 2.08. The number of aromatic nitrogens is 1. The Hall–Kier alpha value is -1.83. The van der Waals surface area contributed by atoms with Gasteiger partial charge in [-0.2, -0.15) is 0 Å². The number of amides is 1. The summed E-state index contributed by atoms with van der Waals surface area (Å²) in [5, 5.41) is 0. The van der Waals surface area contributed by atoms with E-state index in [0.29, 0.717) is 18.7 Å². The summed E-state index contributed by atoms with van der Waals surface area (Å²) >= 11 is 0. The molecule has 0 bridgehead atoms. The lowest BCUT2D eigenvalue weighted by Crippen LogP contribution is -2.38. The van der Waals surface area contributed by atoms with Crippen LogP contribution in [0.25, 0.3) is 0 Å². The van der Waals surface area contributed by atoms with Crippen molar-refractivity contribution in [3.8, 4) is 0 Å². The van der Waals surface area contributed by atoms with Gasteiger partial charge in [-0.15, -0.1) is 0 Å². The largest absolute Gasteiger partial charge is 0.398 e. The minimum Gasteiger partial charge on any atom is -0.398 e. The smallest absolute Gasteiger partial charge is 0.251 e. The first-order valence-electron chi connectivity index (χ1n) is 6.31. The zero-order valence-electron chi connectivity index (χ0n) is 11.0. The molecule has 0 aliphatic carbocycles. The number of anilines is 1. The number of carbonyl (C=O) groups excluding carboxylic acids is 1. The lowest BCUT2D eigenvalue weighted by Gasteiger charge is -2.20. The number of pyridine rings is 1. The Bertz CT molecular complexity index is 666. The third-order valence-corrected chi connectivity index (χ3v) is 4.94. The Morgan fingerprint density at radius 2 is 2.00 bits per heavy atom. The highest BCUT2D eigenvalue weighted by Gasteiger charge is 2.22. The molecule has 1 fully saturated rings. The first-order valence-corrected chi connectivity index (χ1v) is 8.14. The third kappa shape index (κ3) is 3.60. The van der Waals surface area contributed by atoms with Crippen molar-refractivity contribution < 1.29 is 13.2 Å². The number of nitrogen functional groups attached to an aromatic ring is 1. The van der Waals surface area contributed by atoms with Crippen molar-refractivity contribution in [2.24, 2.45) is 0 Å². The minimum atomic E-state index is -3.06. The predicted octanol–water partition coefficient (Wildman–Crippen LogP) is -0.922. The molecule has 110 valence electrons. The van der Waals surface area contributed by atoms with Crippen LogP contribution >= 0.6 is 0 Å². The van der Waals surface area contributed by atoms with Gasteiger partial charge in [-0.25, -0.2) is 8.42 Å². The number of rotatable bonds is 2. The van der Waals surface area contributed by atoms with Gasteiger partial charge in [-0.05, 0) is 12.5 Å². The lowest BCUT2D eigenvalue weighted by atomic mass is 10.3. The number of hydrogen-bond donors (Lipinski definition) is 1. The number of nitrogens with zero attached hydrogens (tertiary/aromatic N) is 2. The van der Waals surface area contributed by atoms with Crippen LogP contribution in [0.1, 0.15) is 6.42 Å². The van der Waals surface area contributed by atoms with Crippen LogP contribution in [0.3, 0.4) is 0 Å². The van der Waals surface area contributed by atoms with E-state index in [1.807, 2.05) is 0 Å². The van der Waals surface area contributed by atoms with Crippen LogP contribution in [0.2, 0.25) is 0 Å². The van der Waals surface area contributed by atoms with Crippen molar-refractivity contribution in [2.45, 2.75) is 13.0 Å². The summed E-state index contributed by atoms with van der Waals surface area (Å²) in [6.45, 7) is 0.456. The summed E-state index contributed by atoms with van der Waals surface area (Å²) in [4.78, 5) is 25.2. The van der Waals surface area contributed by atoms with Crippen LogP contribution in [0, 0.1) is 0 Å². The molecule has 8 heteroatoms. The van der Waals surface area contributed by atoms with Gasteiger partial charge in [-0.1, -0.05) is 0 Å². The van der Waals surface area contributed by atoms with Crippen molar-refractivity contribution in [3.63, 3.8) is 0 Å². The van der Waals surface area contributed by atoms with Gasteiger partial charge in [-0.3, -0.25) is 9.59 Å². The van der Waals surface area contributed by atoms with Gasteiger partial charge in [0.2, 0.25) is 5.91 Å². The van der Waals surface area contributed by atoms with E-state index < -0.39 is 9.84 Å². The van der Waals surface area contributed by atoms with Gasteiger partial charge in [0.1, 0.15) is 6.54 Å². The molecule has 1 saturated heterocycles. The minimum absolute atomic E-state index is 0.0232. The number of nitrogens with two attached hydrogens (primary N) is 1. The molecule has 1 aromatic rings. The normalized spacial score (nSPS) is 18.5. The van der Waals surface area contributed by atoms with Crippen LogP contribution in [0.4, 0.5) is 5.69 Å². The van der Waals surface area contributed by atoms with Gasteiger partial charge in [0, 0.05) is 31.0 Å². The fourth-order valence-electron chi connectivity index (χ4n) is 2.11. The fourth-order valence-corrected chi connectivity index (χ4v) is 3.38. The van der Waals surface area contributed by atoms with E-state index >= 15 is 0 Å². The summed E-state index contributed by atoms with van der Waals surface area (Å²) < 4.78 is 24.2. The summed E-state index contributed by atoms with van der Waals surface area (Å²) in [6, 6.07) is 2.78. The highest BCUT2D eigenvalue weighted by Crippen LogP contribution is 2.06. The van der Waals surface area contributed by atoms with Crippen molar-refractivity contribution in [3.05, 3.63) is 28.7 Å². The molecule has 1 aliphatic rings. The van der Waals surface area contributed by atoms with E-state index in [9.17, 15) is 18.0 Å². The van der Waals surface area contributed by atoms with Crippen LogP contribution < -0.4 is 11.3 Å². The molecule has 0 atom stereocenters. The second-order valence-corrected chi connectivity index (χ2v) is 7.12. The molecular weight excluding hydrogens is 282 g/mol. The van der Waals surface area contributed by atoms with Crippen molar-refractivity contribution in [2.75, 3.05) is 30.3 Å². The average molecular weight is 299 g/mol. The summed E-state index contributed by atoms with van der Waals surface area (Å²) in [7, 11) is -3.06. The molecule has 0 unspecified atom stereocenters. The highest BCUT2D eigenvalue weighted by atomic mass is 32.2. The standard InChI is InChI=1S/C12H17N3O4S/c13-10-2-3-11(16)15(8-10)9-12(17)14-4-1-6-20(18,19)7-5-14/h2-3,8H,1,4-7,9,13H2. The molecular formula is C12H17N3O4S. The number of carbonyl (C=O) groups is 1. The van der Waals surface area contributed by atoms with Crippen molar-refractivity contribution in [1.82, 2.24) is 9.47 Å². The van der Waals surface area contributed by atoms with Gasteiger partial charge in [0.15, 0.2) is 9.84 Å². The predicted molar refractivity (Wildman–Crippen MR) is 75.0 cm³/mol. The zero-order valence-corrected chi connectivity index (χ0v) is 11.8. The van der Waals surface area contributed by atoms with Gasteiger partial charge in [0.05, 0.1) is 11.5 Å². The summed E-state index contributed by atoms with van der Waals surface area (Å²) in [6.07, 6.45) is 1.84. The number of sulfone groups is 1. The molecule has 2 N–H and O–H groups in total. The Labute approximate surface area is 116 Å². The van der Waals surface area contributed by atoms with Crippen LogP contribution in [-0.4, -0.2) is 48.4 Å². The molecule has 0 radical (unpaired) electrons. The first kappa shape index (κ1) is 14.6. The Kier molecular flexibility index (Phi) is 4.12. The maximum absolute atomic E-state index is 12.1. The Morgan fingerprint density at radius 3 is 2.75 bits per heavy atom. The molecule has 2 rings (SSSR count). The van der Waals surface area contributed by atoms with Gasteiger partial charge in [0.25, 0.3) is 5.56 Å². The van der Waals surface area contributed by atoms with E-state index in [1.54, 1.807) is 0 Å². The second-order valence-electron chi connectivity index (χ2n) is 4.81. The first-order chi connectivity index (χ1) is 9.37. The number of hydrogen-bond acceptors (Lipinski definition) is 5. The van der Waals surface area contributed by atoms with E-state index in [2.05, 4.69) is 0 Å². The van der Waals surface area contributed by atoms with E-state index in [1.165, 1.54) is 27.8 Å². The highest BCUT2D eigenvalue weighted by molar-refractivity contribution is 7.91. The molecule has 0 spiro atoms.